The molecule has 2 aliphatic rings. The van der Waals surface area contributed by atoms with E-state index in [2.05, 4.69) is 26.0 Å². The number of benzene rings is 2. The lowest BCUT2D eigenvalue weighted by atomic mass is 9.83. The van der Waals surface area contributed by atoms with Gasteiger partial charge in [0.1, 0.15) is 29.5 Å². The van der Waals surface area contributed by atoms with Crippen LogP contribution in [0.5, 0.6) is 5.75 Å². The van der Waals surface area contributed by atoms with Crippen LogP contribution in [0.25, 0.3) is 11.0 Å². The Hall–Kier alpha value is -6.35. The van der Waals surface area contributed by atoms with Crippen LogP contribution in [0.4, 0.5) is 4.79 Å². The van der Waals surface area contributed by atoms with Crippen LogP contribution in [0, 0.1) is 11.8 Å². The fraction of sp³-hybridized carbons (Fsp3) is 0.500. The summed E-state index contributed by atoms with van der Waals surface area (Å²) in [5.41, 5.74) is 5.25. The van der Waals surface area contributed by atoms with Crippen LogP contribution in [0.3, 0.4) is 0 Å². The molecule has 5 atom stereocenters. The van der Waals surface area contributed by atoms with Crippen LogP contribution in [0.1, 0.15) is 83.7 Å². The van der Waals surface area contributed by atoms with Gasteiger partial charge in [-0.3, -0.25) is 28.8 Å². The molecule has 2 heterocycles. The molecule has 1 aliphatic carbocycles. The van der Waals surface area contributed by atoms with Gasteiger partial charge in [-0.2, -0.15) is 0 Å². The Morgan fingerprint density at radius 2 is 1.65 bits per heavy atom. The summed E-state index contributed by atoms with van der Waals surface area (Å²) in [5.74, 6) is -5.81. The van der Waals surface area contributed by atoms with Gasteiger partial charge in [-0.1, -0.05) is 76.8 Å². The number of primary amides is 1. The SMILES string of the molecule is CCCC(NC(=O)C1C[C@@H](NS(=O)(=O)c2ccc3oc(=O)cc(OC)c3c2)CN1C(=O)[C@@H](NC(=O)OCC(C)C)C1CCCCC1)C(=O)C(=O)NCC(=O)N[C@H](C(N)=O)c1ccccc1. The van der Waals surface area contributed by atoms with Crippen molar-refractivity contribution in [2.45, 2.75) is 107 Å². The molecule has 1 aromatic heterocycles. The summed E-state index contributed by atoms with van der Waals surface area (Å²) in [6.07, 6.45) is 2.83. The minimum Gasteiger partial charge on any atom is -0.496 e. The summed E-state index contributed by atoms with van der Waals surface area (Å²) in [4.78, 5) is 107. The molecule has 1 saturated heterocycles. The second-order valence-corrected chi connectivity index (χ2v) is 18.3. The highest BCUT2D eigenvalue weighted by molar-refractivity contribution is 7.89. The minimum absolute atomic E-state index is 0.000826. The van der Waals surface area contributed by atoms with E-state index in [4.69, 9.17) is 19.6 Å². The van der Waals surface area contributed by atoms with Crippen molar-refractivity contribution in [3.8, 4) is 5.75 Å². The Morgan fingerprint density at radius 3 is 2.29 bits per heavy atom. The van der Waals surface area contributed by atoms with Crippen molar-refractivity contribution in [1.82, 2.24) is 30.9 Å². The molecule has 65 heavy (non-hydrogen) atoms. The van der Waals surface area contributed by atoms with Gasteiger partial charge in [0.25, 0.3) is 5.91 Å². The summed E-state index contributed by atoms with van der Waals surface area (Å²) in [6, 6.07) is 6.70. The first-order valence-electron chi connectivity index (χ1n) is 21.6. The van der Waals surface area contributed by atoms with Crippen LogP contribution in [0.2, 0.25) is 0 Å². The fourth-order valence-electron chi connectivity index (χ4n) is 8.00. The number of rotatable bonds is 20. The van der Waals surface area contributed by atoms with Gasteiger partial charge in [0.05, 0.1) is 42.7 Å². The molecule has 0 bridgehead atoms. The quantitative estimate of drug-likeness (QED) is 0.0696. The number of ketones is 1. The molecule has 0 radical (unpaired) electrons. The molecule has 2 fully saturated rings. The Bertz CT molecular complexity index is 2400. The predicted octanol–water partition coefficient (Wildman–Crippen LogP) is 1.69. The average Bonchev–Trinajstić information content (AvgIpc) is 3.70. The number of methoxy groups -OCH3 is 1. The Balaban J connectivity index is 1.38. The second kappa shape index (κ2) is 22.5. The summed E-state index contributed by atoms with van der Waals surface area (Å²) >= 11 is 0. The lowest BCUT2D eigenvalue weighted by Crippen LogP contribution is -2.58. The van der Waals surface area contributed by atoms with E-state index in [0.29, 0.717) is 24.8 Å². The number of hydrogen-bond donors (Lipinski definition) is 6. The third-order valence-corrected chi connectivity index (χ3v) is 12.7. The van der Waals surface area contributed by atoms with Crippen LogP contribution in [-0.4, -0.2) is 106 Å². The van der Waals surface area contributed by atoms with E-state index in [1.165, 1.54) is 30.2 Å². The first-order chi connectivity index (χ1) is 30.9. The Morgan fingerprint density at radius 1 is 0.938 bits per heavy atom. The number of nitrogens with two attached hydrogens (primary N) is 1. The van der Waals surface area contributed by atoms with Gasteiger partial charge in [0.2, 0.25) is 39.4 Å². The van der Waals surface area contributed by atoms with Gasteiger partial charge in [0, 0.05) is 12.6 Å². The average molecular weight is 924 g/mol. The molecule has 20 nitrogen and oxygen atoms in total. The number of Topliss-reactive ketones (excluding diaryl/α,β-unsaturated/α-hetero) is 1. The van der Waals surface area contributed by atoms with Gasteiger partial charge in [-0.05, 0) is 61.3 Å². The number of sulfonamides is 1. The maximum atomic E-state index is 14.7. The molecule has 2 unspecified atom stereocenters. The molecule has 1 saturated carbocycles. The van der Waals surface area contributed by atoms with Crippen molar-refractivity contribution in [2.75, 3.05) is 26.8 Å². The van der Waals surface area contributed by atoms with Gasteiger partial charge >= 0.3 is 11.7 Å². The number of carbonyl (C=O) groups is 7. The zero-order valence-electron chi connectivity index (χ0n) is 36.8. The molecular formula is C44H57N7O13S. The molecule has 5 rings (SSSR count). The molecule has 2 aromatic carbocycles. The molecule has 7 N–H and O–H groups in total. The minimum atomic E-state index is -4.39. The van der Waals surface area contributed by atoms with E-state index >= 15 is 0 Å². The predicted molar refractivity (Wildman–Crippen MR) is 234 cm³/mol. The van der Waals surface area contributed by atoms with Crippen molar-refractivity contribution in [2.24, 2.45) is 17.6 Å². The fourth-order valence-corrected chi connectivity index (χ4v) is 9.26. The monoisotopic (exact) mass is 923 g/mol. The van der Waals surface area contributed by atoms with E-state index in [0.717, 1.165) is 25.3 Å². The van der Waals surface area contributed by atoms with Gasteiger partial charge in [-0.25, -0.2) is 22.7 Å². The van der Waals surface area contributed by atoms with E-state index in [1.54, 1.807) is 37.3 Å². The van der Waals surface area contributed by atoms with E-state index in [-0.39, 0.29) is 59.4 Å². The highest BCUT2D eigenvalue weighted by Crippen LogP contribution is 2.31. The first kappa shape index (κ1) is 49.7. The van der Waals surface area contributed by atoms with Gasteiger partial charge in [-0.15, -0.1) is 0 Å². The van der Waals surface area contributed by atoms with E-state index in [1.807, 2.05) is 13.8 Å². The number of amides is 6. The third kappa shape index (κ3) is 13.1. The molecule has 6 amide bonds. The number of nitrogens with zero attached hydrogens (tertiary/aromatic N) is 1. The normalized spacial score (nSPS) is 18.0. The van der Waals surface area contributed by atoms with E-state index < -0.39 is 93.8 Å². The van der Waals surface area contributed by atoms with E-state index in [9.17, 15) is 46.8 Å². The van der Waals surface area contributed by atoms with Gasteiger partial charge in [0.15, 0.2) is 0 Å². The molecule has 1 aliphatic heterocycles. The lowest BCUT2D eigenvalue weighted by molar-refractivity contribution is -0.143. The van der Waals surface area contributed by atoms with Crippen molar-refractivity contribution >= 4 is 62.4 Å². The standard InChI is InChI=1S/C44H57N7O13S/c1-5-12-31(39(54)42(57)46-22-35(52)48-37(40(45)55)26-13-8-6-9-14-26)47-41(56)32-19-28(50-65(60,61)29-17-18-33-30(20-29)34(62-4)21-36(53)64-33)23-51(32)43(58)38(27-15-10-7-11-16-27)49-44(59)63-24-25(2)3/h6,8-9,13-14,17-18,20-21,25,27-28,31-32,37-38,50H,5,7,10-12,15-16,19,22-24H2,1-4H3,(H2,45,55)(H,46,57)(H,47,56)(H,48,52)(H,49,59)/t28-,31?,32?,37+,38+/m1/s1. The van der Waals surface area contributed by atoms with Crippen molar-refractivity contribution < 1.29 is 55.9 Å². The summed E-state index contributed by atoms with van der Waals surface area (Å²) in [6.45, 7) is 4.44. The smallest absolute Gasteiger partial charge is 0.407 e. The van der Waals surface area contributed by atoms with Crippen LogP contribution < -0.4 is 42.1 Å². The van der Waals surface area contributed by atoms with Crippen molar-refractivity contribution in [3.05, 3.63) is 70.6 Å². The van der Waals surface area contributed by atoms with Gasteiger partial charge < -0.3 is 45.8 Å². The highest BCUT2D eigenvalue weighted by Gasteiger charge is 2.46. The number of hydrogen-bond acceptors (Lipinski definition) is 13. The third-order valence-electron chi connectivity index (χ3n) is 11.2. The molecular weight excluding hydrogens is 867 g/mol. The van der Waals surface area contributed by atoms with Crippen LogP contribution in [0.15, 0.2) is 68.7 Å². The molecule has 3 aromatic rings. The number of carbonyl (C=O) groups excluding carboxylic acids is 7. The second-order valence-electron chi connectivity index (χ2n) is 16.6. The number of alkyl carbamates (subject to hydrolysis) is 1. The maximum Gasteiger partial charge on any atom is 0.407 e. The summed E-state index contributed by atoms with van der Waals surface area (Å²) in [7, 11) is -3.08. The molecule has 0 spiro atoms. The number of ether oxygens (including phenoxy) is 2. The zero-order valence-corrected chi connectivity index (χ0v) is 37.6. The Labute approximate surface area is 376 Å². The lowest BCUT2D eigenvalue weighted by Gasteiger charge is -2.34. The van der Waals surface area contributed by atoms with Crippen molar-refractivity contribution in [1.29, 1.82) is 0 Å². The first-order valence-corrected chi connectivity index (χ1v) is 23.0. The van der Waals surface area contributed by atoms with Crippen LogP contribution in [-0.2, 0) is 43.5 Å². The highest BCUT2D eigenvalue weighted by atomic mass is 32.2. The Kier molecular flexibility index (Phi) is 17.2. The zero-order chi connectivity index (χ0) is 47.4. The number of likely N-dealkylation sites (tertiary alicyclic amines) is 1. The molecule has 21 heteroatoms. The van der Waals surface area contributed by atoms with Crippen LogP contribution >= 0.6 is 0 Å². The number of fused-ring (bicyclic) bond motifs is 1. The van der Waals surface area contributed by atoms with Crippen molar-refractivity contribution in [3.63, 3.8) is 0 Å². The molecule has 352 valence electrons. The number of nitrogens with one attached hydrogen (secondary N) is 5. The largest absolute Gasteiger partial charge is 0.496 e. The summed E-state index contributed by atoms with van der Waals surface area (Å²) < 4.78 is 46.3. The summed E-state index contributed by atoms with van der Waals surface area (Å²) in [5, 5.41) is 10.1. The maximum absolute atomic E-state index is 14.7. The topological polar surface area (TPSA) is 292 Å².